The third kappa shape index (κ3) is 2.63. The molecule has 0 aliphatic rings. The molecule has 6 nitrogen and oxygen atoms in total. The van der Waals surface area contributed by atoms with Gasteiger partial charge in [-0.2, -0.15) is 5.26 Å². The molecule has 50 valence electrons. The fraction of sp³-hybridized carbons (Fsp3) is 0. The van der Waals surface area contributed by atoms with Gasteiger partial charge in [-0.05, 0) is 0 Å². The van der Waals surface area contributed by atoms with E-state index >= 15 is 0 Å². The smallest absolute Gasteiger partial charge is 0.254 e. The van der Waals surface area contributed by atoms with Gasteiger partial charge in [0.25, 0.3) is 10.0 Å². The van der Waals surface area contributed by atoms with E-state index < -0.39 is 15.3 Å². The predicted octanol–water partition coefficient (Wildman–Crippen LogP) is -1.53. The highest BCUT2D eigenvalue weighted by Crippen LogP contribution is 1.76. The van der Waals surface area contributed by atoms with Crippen LogP contribution in [0.25, 0.3) is 0 Å². The van der Waals surface area contributed by atoms with Crippen LogP contribution in [0, 0.1) is 11.5 Å². The zero-order chi connectivity index (χ0) is 7.49. The van der Waals surface area contributed by atoms with Crippen LogP contribution in [0.1, 0.15) is 0 Å². The van der Waals surface area contributed by atoms with Gasteiger partial charge in [0, 0.05) is 0 Å². The van der Waals surface area contributed by atoms with E-state index in [1.807, 2.05) is 0 Å². The van der Waals surface area contributed by atoms with Gasteiger partial charge in [0.15, 0.2) is 6.19 Å². The molecule has 0 spiro atoms. The highest BCUT2D eigenvalue weighted by Gasteiger charge is 2.14. The minimum atomic E-state index is -4.24. The molecule has 7 heteroatoms. The highest BCUT2D eigenvalue weighted by molar-refractivity contribution is 8.04. The summed E-state index contributed by atoms with van der Waals surface area (Å²) in [6, 6.07) is 0. The molecule has 0 aliphatic carbocycles. The summed E-state index contributed by atoms with van der Waals surface area (Å²) in [5, 5.41) is 11.8. The first kappa shape index (κ1) is 7.87. The van der Waals surface area contributed by atoms with E-state index in [9.17, 15) is 13.2 Å². The molecule has 0 aromatic heterocycles. The summed E-state index contributed by atoms with van der Waals surface area (Å²) in [7, 11) is -4.24. The van der Waals surface area contributed by atoms with Gasteiger partial charge < -0.3 is 0 Å². The third-order valence-electron chi connectivity index (χ3n) is 0.416. The van der Waals surface area contributed by atoms with Crippen LogP contribution in [-0.4, -0.2) is 13.7 Å². The predicted molar refractivity (Wildman–Crippen MR) is 27.3 cm³/mol. The standard InChI is InChI=1S/C2H3N3O3S/c3-1-5-2(6)9(4,7)8/h(H,5,6)(H2,4,7,8). The number of amides is 1. The van der Waals surface area contributed by atoms with Crippen LogP contribution in [0.15, 0.2) is 0 Å². The number of nitrogens with zero attached hydrogens (tertiary/aromatic N) is 1. The van der Waals surface area contributed by atoms with Crippen LogP contribution in [0.3, 0.4) is 0 Å². The molecule has 0 unspecified atom stereocenters. The Morgan fingerprint density at radius 3 is 2.22 bits per heavy atom. The molecule has 9 heavy (non-hydrogen) atoms. The highest BCUT2D eigenvalue weighted by atomic mass is 32.2. The van der Waals surface area contributed by atoms with E-state index in [1.165, 1.54) is 5.32 Å². The quantitative estimate of drug-likeness (QED) is 0.321. The number of carbonyl (C=O) groups excluding carboxylic acids is 1. The number of nitrogens with two attached hydrogens (primary N) is 1. The van der Waals surface area contributed by atoms with E-state index in [0.717, 1.165) is 6.19 Å². The number of carbonyl (C=O) groups is 1. The van der Waals surface area contributed by atoms with Crippen LogP contribution < -0.4 is 10.5 Å². The molecule has 0 saturated heterocycles. The molecule has 0 radical (unpaired) electrons. The average Bonchev–Trinajstić information content (AvgIpc) is 1.64. The number of sulfonamides is 1. The second-order valence-corrected chi connectivity index (χ2v) is 2.53. The molecule has 0 saturated carbocycles. The summed E-state index contributed by atoms with van der Waals surface area (Å²) >= 11 is 0. The Labute approximate surface area is 51.3 Å². The Balaban J connectivity index is 4.30. The molecule has 0 bridgehead atoms. The summed E-state index contributed by atoms with van der Waals surface area (Å²) < 4.78 is 19.9. The number of nitrogens with one attached hydrogen (secondary N) is 1. The van der Waals surface area contributed by atoms with Gasteiger partial charge >= 0.3 is 5.24 Å². The molecule has 0 atom stereocenters. The topological polar surface area (TPSA) is 113 Å². The first-order valence-electron chi connectivity index (χ1n) is 1.70. The van der Waals surface area contributed by atoms with Crippen molar-refractivity contribution in [3.05, 3.63) is 0 Å². The van der Waals surface area contributed by atoms with Gasteiger partial charge in [-0.25, -0.2) is 18.9 Å². The summed E-state index contributed by atoms with van der Waals surface area (Å²) in [5.74, 6) is 0. The van der Waals surface area contributed by atoms with Gasteiger partial charge in [0.2, 0.25) is 0 Å². The molecule has 3 N–H and O–H groups in total. The maximum Gasteiger partial charge on any atom is 0.364 e. The van der Waals surface area contributed by atoms with E-state index in [-0.39, 0.29) is 0 Å². The second kappa shape index (κ2) is 2.43. The maximum atomic E-state index is 10.0. The lowest BCUT2D eigenvalue weighted by molar-refractivity contribution is 0.261. The summed E-state index contributed by atoms with van der Waals surface area (Å²) in [5.41, 5.74) is 0. The second-order valence-electron chi connectivity index (χ2n) is 1.07. The molecule has 0 aliphatic heterocycles. The molecular weight excluding hydrogens is 146 g/mol. The fourth-order valence-corrected chi connectivity index (χ4v) is 0.305. The fourth-order valence-electron chi connectivity index (χ4n) is 0.117. The number of rotatable bonds is 0. The number of hydrogen-bond acceptors (Lipinski definition) is 4. The zero-order valence-electron chi connectivity index (χ0n) is 4.16. The van der Waals surface area contributed by atoms with E-state index in [2.05, 4.69) is 5.14 Å². The number of nitriles is 1. The molecular formula is C2H3N3O3S. The Kier molecular flexibility index (Phi) is 2.12. The SMILES string of the molecule is N#CNC(=O)S(N)(=O)=O. The maximum absolute atomic E-state index is 10.0. The van der Waals surface area contributed by atoms with Crippen molar-refractivity contribution in [2.75, 3.05) is 0 Å². The Hall–Kier alpha value is -1.13. The summed E-state index contributed by atoms with van der Waals surface area (Å²) in [4.78, 5) is 10.0. The average molecular weight is 149 g/mol. The minimum absolute atomic E-state index is 1.12. The van der Waals surface area contributed by atoms with Crippen molar-refractivity contribution in [2.24, 2.45) is 5.14 Å². The monoisotopic (exact) mass is 149 g/mol. The normalized spacial score (nSPS) is 9.78. The summed E-state index contributed by atoms with van der Waals surface area (Å²) in [6.07, 6.45) is 1.12. The lowest BCUT2D eigenvalue weighted by atomic mass is 11.2. The molecule has 0 heterocycles. The Bertz CT molecular complexity index is 247. The van der Waals surface area contributed by atoms with Crippen molar-refractivity contribution in [3.63, 3.8) is 0 Å². The van der Waals surface area contributed by atoms with Gasteiger partial charge in [-0.15, -0.1) is 0 Å². The Morgan fingerprint density at radius 1 is 1.67 bits per heavy atom. The molecule has 0 aromatic rings. The van der Waals surface area contributed by atoms with Crippen LogP contribution >= 0.6 is 0 Å². The summed E-state index contributed by atoms with van der Waals surface area (Å²) in [6.45, 7) is 0. The van der Waals surface area contributed by atoms with Crippen LogP contribution in [0.2, 0.25) is 0 Å². The van der Waals surface area contributed by atoms with Crippen molar-refractivity contribution in [2.45, 2.75) is 0 Å². The van der Waals surface area contributed by atoms with Crippen LogP contribution in [-0.2, 0) is 10.0 Å². The molecule has 0 fully saturated rings. The van der Waals surface area contributed by atoms with Crippen molar-refractivity contribution in [1.29, 1.82) is 5.26 Å². The third-order valence-corrected chi connectivity index (χ3v) is 1.04. The van der Waals surface area contributed by atoms with Gasteiger partial charge in [-0.1, -0.05) is 0 Å². The van der Waals surface area contributed by atoms with E-state index in [1.54, 1.807) is 0 Å². The largest absolute Gasteiger partial charge is 0.364 e. The number of hydrogen-bond donors (Lipinski definition) is 2. The van der Waals surface area contributed by atoms with E-state index in [0.29, 0.717) is 0 Å². The first-order chi connectivity index (χ1) is 3.98. The van der Waals surface area contributed by atoms with Crippen molar-refractivity contribution >= 4 is 15.3 Å². The van der Waals surface area contributed by atoms with Gasteiger partial charge in [0.1, 0.15) is 0 Å². The molecule has 1 amide bonds. The Morgan fingerprint density at radius 2 is 2.11 bits per heavy atom. The van der Waals surface area contributed by atoms with Crippen molar-refractivity contribution in [1.82, 2.24) is 5.32 Å². The lowest BCUT2D eigenvalue weighted by Gasteiger charge is -1.88. The molecule has 0 aromatic carbocycles. The molecule has 0 rings (SSSR count). The van der Waals surface area contributed by atoms with Crippen molar-refractivity contribution < 1.29 is 13.2 Å². The van der Waals surface area contributed by atoms with Crippen LogP contribution in [0.4, 0.5) is 4.79 Å². The van der Waals surface area contributed by atoms with E-state index in [4.69, 9.17) is 5.26 Å². The van der Waals surface area contributed by atoms with Crippen LogP contribution in [0.5, 0.6) is 0 Å². The lowest BCUT2D eigenvalue weighted by Crippen LogP contribution is -2.31. The first-order valence-corrected chi connectivity index (χ1v) is 3.25. The van der Waals surface area contributed by atoms with Gasteiger partial charge in [0.05, 0.1) is 0 Å². The van der Waals surface area contributed by atoms with Crippen molar-refractivity contribution in [3.8, 4) is 6.19 Å². The number of primary sulfonamides is 1. The van der Waals surface area contributed by atoms with Gasteiger partial charge in [-0.3, -0.25) is 4.79 Å². The zero-order valence-corrected chi connectivity index (χ0v) is 4.97. The minimum Gasteiger partial charge on any atom is -0.254 e.